The fraction of sp³-hybridized carbons (Fsp3) is 0.333. The molecule has 0 heterocycles. The van der Waals surface area contributed by atoms with Crippen molar-refractivity contribution in [1.29, 1.82) is 0 Å². The van der Waals surface area contributed by atoms with E-state index in [1.165, 1.54) is 12.1 Å². The van der Waals surface area contributed by atoms with Crippen LogP contribution in [0, 0.1) is 5.82 Å². The van der Waals surface area contributed by atoms with E-state index >= 15 is 0 Å². The van der Waals surface area contributed by atoms with Crippen LogP contribution in [0.1, 0.15) is 5.56 Å². The third-order valence-corrected chi connectivity index (χ3v) is 1.49. The molecule has 0 aliphatic carbocycles. The lowest BCUT2D eigenvalue weighted by Crippen LogP contribution is -2.15. The van der Waals surface area contributed by atoms with Gasteiger partial charge in [0.2, 0.25) is 0 Å². The van der Waals surface area contributed by atoms with E-state index in [0.29, 0.717) is 13.1 Å². The Bertz CT molecular complexity index is 238. The Morgan fingerprint density at radius 1 is 1.33 bits per heavy atom. The number of rotatable bonds is 4. The lowest BCUT2D eigenvalue weighted by Gasteiger charge is -2.01. The summed E-state index contributed by atoms with van der Waals surface area (Å²) in [5.74, 6) is -0.255. The number of benzene rings is 1. The van der Waals surface area contributed by atoms with E-state index in [0.717, 1.165) is 5.56 Å². The Balaban J connectivity index is 2.41. The van der Waals surface area contributed by atoms with E-state index in [4.69, 9.17) is 0 Å². The van der Waals surface area contributed by atoms with E-state index in [9.17, 15) is 8.78 Å². The molecule has 0 bridgehead atoms. The zero-order chi connectivity index (χ0) is 8.81. The van der Waals surface area contributed by atoms with Crippen LogP contribution in [0.25, 0.3) is 0 Å². The summed E-state index contributed by atoms with van der Waals surface area (Å²) in [4.78, 5) is 0. The van der Waals surface area contributed by atoms with Crippen molar-refractivity contribution in [3.05, 3.63) is 35.6 Å². The molecule has 12 heavy (non-hydrogen) atoms. The van der Waals surface area contributed by atoms with Gasteiger partial charge < -0.3 is 5.32 Å². The number of hydrogen-bond acceptors (Lipinski definition) is 1. The maximum absolute atomic E-state index is 12.6. The SMILES string of the molecule is FCCNCc1cccc(F)c1. The topological polar surface area (TPSA) is 12.0 Å². The van der Waals surface area contributed by atoms with Crippen LogP contribution >= 0.6 is 0 Å². The van der Waals surface area contributed by atoms with Crippen molar-refractivity contribution >= 4 is 0 Å². The Morgan fingerprint density at radius 3 is 2.83 bits per heavy atom. The molecule has 1 N–H and O–H groups in total. The quantitative estimate of drug-likeness (QED) is 0.682. The first-order chi connectivity index (χ1) is 5.83. The first-order valence-electron chi connectivity index (χ1n) is 3.84. The average molecular weight is 171 g/mol. The molecule has 0 atom stereocenters. The summed E-state index contributed by atoms with van der Waals surface area (Å²) < 4.78 is 24.2. The first-order valence-corrected chi connectivity index (χ1v) is 3.84. The van der Waals surface area contributed by atoms with Gasteiger partial charge in [0.25, 0.3) is 0 Å². The van der Waals surface area contributed by atoms with Crippen LogP contribution in [0.4, 0.5) is 8.78 Å². The van der Waals surface area contributed by atoms with Crippen molar-refractivity contribution in [3.8, 4) is 0 Å². The standard InChI is InChI=1S/C9H11F2N/c10-4-5-12-7-8-2-1-3-9(11)6-8/h1-3,6,12H,4-5,7H2. The van der Waals surface area contributed by atoms with E-state index in [1.54, 1.807) is 12.1 Å². The molecule has 3 heteroatoms. The molecule has 0 spiro atoms. The van der Waals surface area contributed by atoms with Crippen LogP contribution in [0.3, 0.4) is 0 Å². The Morgan fingerprint density at radius 2 is 2.17 bits per heavy atom. The number of hydrogen-bond donors (Lipinski definition) is 1. The van der Waals surface area contributed by atoms with Crippen LogP contribution in [-0.4, -0.2) is 13.2 Å². The Kier molecular flexibility index (Phi) is 3.67. The van der Waals surface area contributed by atoms with Gasteiger partial charge >= 0.3 is 0 Å². The molecular formula is C9H11F2N. The second kappa shape index (κ2) is 4.83. The maximum Gasteiger partial charge on any atom is 0.123 e. The van der Waals surface area contributed by atoms with Crippen LogP contribution in [0.15, 0.2) is 24.3 Å². The van der Waals surface area contributed by atoms with Crippen LogP contribution < -0.4 is 5.32 Å². The smallest absolute Gasteiger partial charge is 0.123 e. The molecule has 0 radical (unpaired) electrons. The molecule has 0 saturated carbocycles. The highest BCUT2D eigenvalue weighted by Gasteiger charge is 1.93. The predicted molar refractivity (Wildman–Crippen MR) is 44.1 cm³/mol. The summed E-state index contributed by atoms with van der Waals surface area (Å²) in [6.07, 6.45) is 0. The molecule has 0 saturated heterocycles. The summed E-state index contributed by atoms with van der Waals surface area (Å²) in [5.41, 5.74) is 0.837. The minimum atomic E-state index is -0.394. The average Bonchev–Trinajstić information content (AvgIpc) is 2.05. The van der Waals surface area contributed by atoms with Crippen LogP contribution in [0.2, 0.25) is 0 Å². The lowest BCUT2D eigenvalue weighted by atomic mass is 10.2. The second-order valence-corrected chi connectivity index (χ2v) is 2.50. The summed E-state index contributed by atoms with van der Waals surface area (Å²) in [6.45, 7) is 0.438. The number of halogens is 2. The minimum Gasteiger partial charge on any atom is -0.310 e. The van der Waals surface area contributed by atoms with Gasteiger partial charge in [0, 0.05) is 13.1 Å². The molecule has 0 aliphatic rings. The van der Waals surface area contributed by atoms with Gasteiger partial charge in [-0.1, -0.05) is 12.1 Å². The van der Waals surface area contributed by atoms with Gasteiger partial charge in [-0.25, -0.2) is 8.78 Å². The second-order valence-electron chi connectivity index (χ2n) is 2.50. The summed E-state index contributed by atoms with van der Waals surface area (Å²) in [7, 11) is 0. The summed E-state index contributed by atoms with van der Waals surface area (Å²) in [6, 6.07) is 6.26. The van der Waals surface area contributed by atoms with Crippen LogP contribution in [0.5, 0.6) is 0 Å². The summed E-state index contributed by atoms with van der Waals surface area (Å²) in [5, 5.41) is 2.84. The zero-order valence-corrected chi connectivity index (χ0v) is 6.69. The molecule has 0 amide bonds. The van der Waals surface area contributed by atoms with Gasteiger partial charge in [0.1, 0.15) is 12.5 Å². The maximum atomic E-state index is 12.6. The van der Waals surface area contributed by atoms with Crippen molar-refractivity contribution in [2.75, 3.05) is 13.2 Å². The van der Waals surface area contributed by atoms with Crippen molar-refractivity contribution < 1.29 is 8.78 Å². The van der Waals surface area contributed by atoms with Gasteiger partial charge in [0.15, 0.2) is 0 Å². The van der Waals surface area contributed by atoms with Crippen LogP contribution in [-0.2, 0) is 6.54 Å². The number of nitrogens with one attached hydrogen (secondary N) is 1. The minimum absolute atomic E-state index is 0.255. The van der Waals surface area contributed by atoms with Gasteiger partial charge in [-0.05, 0) is 17.7 Å². The van der Waals surface area contributed by atoms with Crippen molar-refractivity contribution in [3.63, 3.8) is 0 Å². The normalized spacial score (nSPS) is 10.2. The molecule has 66 valence electrons. The molecule has 1 nitrogen and oxygen atoms in total. The first kappa shape index (κ1) is 9.13. The summed E-state index contributed by atoms with van der Waals surface area (Å²) >= 11 is 0. The predicted octanol–water partition coefficient (Wildman–Crippen LogP) is 1.88. The third kappa shape index (κ3) is 2.96. The highest BCUT2D eigenvalue weighted by molar-refractivity contribution is 5.15. The van der Waals surface area contributed by atoms with E-state index < -0.39 is 6.67 Å². The molecule has 0 unspecified atom stereocenters. The highest BCUT2D eigenvalue weighted by atomic mass is 19.1. The van der Waals surface area contributed by atoms with Crippen molar-refractivity contribution in [1.82, 2.24) is 5.32 Å². The number of alkyl halides is 1. The zero-order valence-electron chi connectivity index (χ0n) is 6.69. The highest BCUT2D eigenvalue weighted by Crippen LogP contribution is 2.02. The molecule has 1 aromatic rings. The van der Waals surface area contributed by atoms with Gasteiger partial charge in [-0.15, -0.1) is 0 Å². The molecular weight excluding hydrogens is 160 g/mol. The Labute approximate surface area is 70.4 Å². The molecule has 0 aromatic heterocycles. The molecule has 0 aliphatic heterocycles. The molecule has 0 fully saturated rings. The van der Waals surface area contributed by atoms with Gasteiger partial charge in [0.05, 0.1) is 0 Å². The Hall–Kier alpha value is -0.960. The fourth-order valence-electron chi connectivity index (χ4n) is 0.946. The van der Waals surface area contributed by atoms with Gasteiger partial charge in [-0.2, -0.15) is 0 Å². The third-order valence-electron chi connectivity index (χ3n) is 1.49. The molecule has 1 rings (SSSR count). The van der Waals surface area contributed by atoms with Crippen molar-refractivity contribution in [2.24, 2.45) is 0 Å². The van der Waals surface area contributed by atoms with E-state index in [-0.39, 0.29) is 5.82 Å². The monoisotopic (exact) mass is 171 g/mol. The fourth-order valence-corrected chi connectivity index (χ4v) is 0.946. The van der Waals surface area contributed by atoms with E-state index in [1.807, 2.05) is 0 Å². The van der Waals surface area contributed by atoms with E-state index in [2.05, 4.69) is 5.32 Å². The largest absolute Gasteiger partial charge is 0.310 e. The molecule has 1 aromatic carbocycles. The van der Waals surface area contributed by atoms with Crippen molar-refractivity contribution in [2.45, 2.75) is 6.54 Å². The lowest BCUT2D eigenvalue weighted by molar-refractivity contribution is 0.466. The van der Waals surface area contributed by atoms with Gasteiger partial charge in [-0.3, -0.25) is 0 Å².